The Morgan fingerprint density at radius 2 is 1.54 bits per heavy atom. The van der Waals surface area contributed by atoms with E-state index in [0.29, 0.717) is 16.8 Å². The molecule has 0 saturated carbocycles. The third kappa shape index (κ3) is 5.03. The van der Waals surface area contributed by atoms with E-state index in [1.807, 2.05) is 90.9 Å². The number of aliphatic carboxylic acids is 1. The molecule has 3 aromatic rings. The monoisotopic (exact) mass is 521 g/mol. The summed E-state index contributed by atoms with van der Waals surface area (Å²) in [5.41, 5.74) is 8.10. The summed E-state index contributed by atoms with van der Waals surface area (Å²) in [6, 6.07) is 14.0. The largest absolute Gasteiger partial charge is 0.479 e. The molecule has 0 amide bonds. The SMILES string of the molecule is Cc1ccc(-c2c(C)c3c(c(C)c2[C@H](OC(C)(C)C)C(=O)O)N(S(C)(=O)=O)Cc2cc(C)ccc2-3)cc1. The highest BCUT2D eigenvalue weighted by molar-refractivity contribution is 7.92. The lowest BCUT2D eigenvalue weighted by Gasteiger charge is -2.37. The fourth-order valence-corrected chi connectivity index (χ4v) is 6.20. The highest BCUT2D eigenvalue weighted by Gasteiger charge is 2.38. The molecule has 7 heteroatoms. The molecule has 0 aliphatic carbocycles. The average Bonchev–Trinajstić information content (AvgIpc) is 2.78. The summed E-state index contributed by atoms with van der Waals surface area (Å²) in [7, 11) is -3.67. The number of ether oxygens (including phenoxy) is 1. The highest BCUT2D eigenvalue weighted by atomic mass is 32.2. The third-order valence-electron chi connectivity index (χ3n) is 6.81. The van der Waals surface area contributed by atoms with Crippen LogP contribution in [0, 0.1) is 27.7 Å². The van der Waals surface area contributed by atoms with Gasteiger partial charge in [0.1, 0.15) is 0 Å². The Balaban J connectivity index is 2.21. The van der Waals surface area contributed by atoms with Crippen LogP contribution in [-0.4, -0.2) is 31.4 Å². The van der Waals surface area contributed by atoms with E-state index in [1.54, 1.807) is 0 Å². The number of carboxylic acids is 1. The first-order valence-electron chi connectivity index (χ1n) is 12.3. The van der Waals surface area contributed by atoms with Crippen LogP contribution in [0.2, 0.25) is 0 Å². The molecule has 1 N–H and O–H groups in total. The molecular weight excluding hydrogens is 486 g/mol. The minimum atomic E-state index is -3.67. The minimum Gasteiger partial charge on any atom is -0.479 e. The van der Waals surface area contributed by atoms with Crippen molar-refractivity contribution in [3.8, 4) is 22.3 Å². The first-order valence-corrected chi connectivity index (χ1v) is 14.2. The number of anilines is 1. The van der Waals surface area contributed by atoms with Gasteiger partial charge in [-0.05, 0) is 81.8 Å². The van der Waals surface area contributed by atoms with E-state index in [1.165, 1.54) is 10.6 Å². The number of carboxylic acid groups (broad SMARTS) is 1. The van der Waals surface area contributed by atoms with Gasteiger partial charge >= 0.3 is 5.97 Å². The van der Waals surface area contributed by atoms with Crippen LogP contribution < -0.4 is 4.31 Å². The topological polar surface area (TPSA) is 83.9 Å². The average molecular weight is 522 g/mol. The second-order valence-corrected chi connectivity index (χ2v) is 12.9. The molecule has 0 saturated heterocycles. The van der Waals surface area contributed by atoms with Crippen molar-refractivity contribution >= 4 is 21.7 Å². The molecule has 0 radical (unpaired) electrons. The highest BCUT2D eigenvalue weighted by Crippen LogP contribution is 2.51. The summed E-state index contributed by atoms with van der Waals surface area (Å²) in [6.07, 6.45) is -0.0959. The molecular formula is C30H35NO5S. The number of aryl methyl sites for hydroxylation is 2. The van der Waals surface area contributed by atoms with Crippen molar-refractivity contribution in [3.63, 3.8) is 0 Å². The molecule has 37 heavy (non-hydrogen) atoms. The predicted molar refractivity (Wildman–Crippen MR) is 149 cm³/mol. The van der Waals surface area contributed by atoms with Crippen LogP contribution in [0.3, 0.4) is 0 Å². The molecule has 1 atom stereocenters. The summed E-state index contributed by atoms with van der Waals surface area (Å²) in [4.78, 5) is 12.7. The van der Waals surface area contributed by atoms with Gasteiger partial charge in [0.05, 0.1) is 24.1 Å². The molecule has 0 bridgehead atoms. The summed E-state index contributed by atoms with van der Waals surface area (Å²) in [6.45, 7) is 13.4. The molecule has 1 heterocycles. The van der Waals surface area contributed by atoms with Crippen molar-refractivity contribution in [1.82, 2.24) is 0 Å². The van der Waals surface area contributed by atoms with Crippen LogP contribution in [0.15, 0.2) is 42.5 Å². The number of rotatable bonds is 5. The molecule has 3 aromatic carbocycles. The van der Waals surface area contributed by atoms with E-state index < -0.39 is 27.7 Å². The molecule has 0 fully saturated rings. The number of nitrogens with zero attached hydrogens (tertiary/aromatic N) is 1. The Morgan fingerprint density at radius 1 is 0.946 bits per heavy atom. The van der Waals surface area contributed by atoms with E-state index in [9.17, 15) is 18.3 Å². The van der Waals surface area contributed by atoms with E-state index >= 15 is 0 Å². The van der Waals surface area contributed by atoms with Gasteiger partial charge in [-0.3, -0.25) is 4.31 Å². The van der Waals surface area contributed by atoms with E-state index in [2.05, 4.69) is 0 Å². The summed E-state index contributed by atoms with van der Waals surface area (Å²) < 4.78 is 33.8. The lowest BCUT2D eigenvalue weighted by atomic mass is 9.80. The maximum atomic E-state index is 13.1. The quantitative estimate of drug-likeness (QED) is 0.416. The van der Waals surface area contributed by atoms with E-state index in [-0.39, 0.29) is 6.54 Å². The Hall–Kier alpha value is -3.16. The number of carbonyl (C=O) groups is 1. The Labute approximate surface area is 220 Å². The van der Waals surface area contributed by atoms with Gasteiger partial charge in [-0.15, -0.1) is 0 Å². The third-order valence-corrected chi connectivity index (χ3v) is 7.92. The maximum Gasteiger partial charge on any atom is 0.337 e. The zero-order chi connectivity index (χ0) is 27.4. The number of hydrogen-bond donors (Lipinski definition) is 1. The van der Waals surface area contributed by atoms with Crippen LogP contribution in [0.1, 0.15) is 60.3 Å². The normalized spacial score (nSPS) is 14.2. The zero-order valence-electron chi connectivity index (χ0n) is 22.8. The van der Waals surface area contributed by atoms with Crippen LogP contribution in [0.25, 0.3) is 22.3 Å². The Morgan fingerprint density at radius 3 is 2.08 bits per heavy atom. The fraction of sp³-hybridized carbons (Fsp3) is 0.367. The molecule has 4 rings (SSSR count). The second-order valence-electron chi connectivity index (χ2n) is 11.0. The van der Waals surface area contributed by atoms with Crippen LogP contribution >= 0.6 is 0 Å². The molecule has 6 nitrogen and oxygen atoms in total. The first-order chi connectivity index (χ1) is 17.1. The number of sulfonamides is 1. The van der Waals surface area contributed by atoms with Gasteiger partial charge in [0.15, 0.2) is 6.10 Å². The minimum absolute atomic E-state index is 0.185. The van der Waals surface area contributed by atoms with Crippen LogP contribution in [0.5, 0.6) is 0 Å². The van der Waals surface area contributed by atoms with Gasteiger partial charge in [0.2, 0.25) is 10.0 Å². The molecule has 0 spiro atoms. The summed E-state index contributed by atoms with van der Waals surface area (Å²) in [5, 5.41) is 10.4. The lowest BCUT2D eigenvalue weighted by Crippen LogP contribution is -2.34. The molecule has 0 unspecified atom stereocenters. The number of hydrogen-bond acceptors (Lipinski definition) is 4. The van der Waals surface area contributed by atoms with E-state index in [0.717, 1.165) is 44.5 Å². The van der Waals surface area contributed by atoms with Crippen molar-refractivity contribution in [2.75, 3.05) is 10.6 Å². The van der Waals surface area contributed by atoms with Crippen molar-refractivity contribution in [2.45, 2.75) is 66.7 Å². The first kappa shape index (κ1) is 26.9. The van der Waals surface area contributed by atoms with Crippen molar-refractivity contribution in [1.29, 1.82) is 0 Å². The van der Waals surface area contributed by atoms with Crippen molar-refractivity contribution in [3.05, 3.63) is 75.8 Å². The molecule has 1 aliphatic rings. The van der Waals surface area contributed by atoms with Gasteiger partial charge in [-0.1, -0.05) is 53.6 Å². The van der Waals surface area contributed by atoms with E-state index in [4.69, 9.17) is 4.74 Å². The molecule has 1 aliphatic heterocycles. The van der Waals surface area contributed by atoms with Gasteiger partial charge in [-0.2, -0.15) is 0 Å². The Bertz CT molecular complexity index is 1500. The number of benzene rings is 3. The number of fused-ring (bicyclic) bond motifs is 3. The summed E-state index contributed by atoms with van der Waals surface area (Å²) in [5.74, 6) is -1.12. The fourth-order valence-electron chi connectivity index (χ4n) is 5.27. The van der Waals surface area contributed by atoms with Gasteiger partial charge < -0.3 is 9.84 Å². The van der Waals surface area contributed by atoms with Crippen molar-refractivity contribution in [2.24, 2.45) is 0 Å². The van der Waals surface area contributed by atoms with Crippen LogP contribution in [0.4, 0.5) is 5.69 Å². The van der Waals surface area contributed by atoms with Gasteiger partial charge in [0.25, 0.3) is 0 Å². The van der Waals surface area contributed by atoms with Gasteiger partial charge in [-0.25, -0.2) is 13.2 Å². The van der Waals surface area contributed by atoms with Gasteiger partial charge in [0, 0.05) is 11.1 Å². The summed E-state index contributed by atoms with van der Waals surface area (Å²) >= 11 is 0. The smallest absolute Gasteiger partial charge is 0.337 e. The second kappa shape index (κ2) is 9.30. The predicted octanol–water partition coefficient (Wildman–Crippen LogP) is 6.47. The van der Waals surface area contributed by atoms with Crippen molar-refractivity contribution < 1.29 is 23.1 Å². The molecule has 0 aromatic heterocycles. The maximum absolute atomic E-state index is 13.1. The lowest BCUT2D eigenvalue weighted by molar-refractivity contribution is -0.160. The molecule has 196 valence electrons. The zero-order valence-corrected chi connectivity index (χ0v) is 23.6. The Kier molecular flexibility index (Phi) is 6.76. The van der Waals surface area contributed by atoms with Crippen LogP contribution in [-0.2, 0) is 26.1 Å². The standard InChI is InChI=1S/C30H35NO5S/c1-17-9-12-21(13-10-17)24-19(3)25-23-14-11-18(2)15-22(23)16-31(37(8,34)35)27(25)20(4)26(24)28(29(32)33)36-30(5,6)7/h9-15,28H,16H2,1-8H3,(H,32,33)/t28-/m0/s1.